The van der Waals surface area contributed by atoms with Gasteiger partial charge in [-0.25, -0.2) is 0 Å². The minimum atomic E-state index is 0.0655. The van der Waals surface area contributed by atoms with E-state index in [0.29, 0.717) is 17.7 Å². The van der Waals surface area contributed by atoms with Crippen LogP contribution in [0.4, 0.5) is 0 Å². The van der Waals surface area contributed by atoms with E-state index < -0.39 is 0 Å². The van der Waals surface area contributed by atoms with E-state index in [-0.39, 0.29) is 11.9 Å². The van der Waals surface area contributed by atoms with Crippen molar-refractivity contribution < 1.29 is 9.53 Å². The Balaban J connectivity index is 2.07. The molecule has 0 saturated carbocycles. The Morgan fingerprint density at radius 3 is 2.57 bits per heavy atom. The Morgan fingerprint density at radius 1 is 1.10 bits per heavy atom. The van der Waals surface area contributed by atoms with Gasteiger partial charge in [0.2, 0.25) is 0 Å². The summed E-state index contributed by atoms with van der Waals surface area (Å²) in [5.41, 5.74) is 3.10. The first-order valence-electron chi connectivity index (χ1n) is 7.40. The average Bonchev–Trinajstić information content (AvgIpc) is 2.45. The van der Waals surface area contributed by atoms with E-state index >= 15 is 0 Å². The summed E-state index contributed by atoms with van der Waals surface area (Å²) in [6.45, 7) is 6.00. The Bertz CT molecular complexity index is 614. The fraction of sp³-hybridized carbons (Fsp3) is 0.316. The van der Waals surface area contributed by atoms with E-state index in [2.05, 4.69) is 25.1 Å². The molecule has 0 saturated heterocycles. The second kappa shape index (κ2) is 7.07. The molecule has 2 rings (SSSR count). The summed E-state index contributed by atoms with van der Waals surface area (Å²) in [5.74, 6) is 0.814. The van der Waals surface area contributed by atoms with Gasteiger partial charge in [0.25, 0.3) is 0 Å². The smallest absolute Gasteiger partial charge is 0.166 e. The summed E-state index contributed by atoms with van der Waals surface area (Å²) < 4.78 is 5.72. The van der Waals surface area contributed by atoms with Crippen LogP contribution in [0.2, 0.25) is 0 Å². The minimum absolute atomic E-state index is 0.0655. The molecule has 0 atom stereocenters. The molecule has 2 heteroatoms. The molecular formula is C19H22O2. The van der Waals surface area contributed by atoms with Crippen molar-refractivity contribution in [1.82, 2.24) is 0 Å². The normalized spacial score (nSPS) is 10.7. The lowest BCUT2D eigenvalue weighted by Crippen LogP contribution is -2.10. The highest BCUT2D eigenvalue weighted by molar-refractivity contribution is 5.98. The van der Waals surface area contributed by atoms with Gasteiger partial charge in [-0.2, -0.15) is 0 Å². The van der Waals surface area contributed by atoms with E-state index in [1.54, 1.807) is 0 Å². The molecule has 0 aliphatic heterocycles. The molecule has 0 heterocycles. The van der Waals surface area contributed by atoms with E-state index in [1.807, 2.05) is 44.2 Å². The predicted octanol–water partition coefficient (Wildman–Crippen LogP) is 4.60. The third-order valence-electron chi connectivity index (χ3n) is 3.27. The van der Waals surface area contributed by atoms with Gasteiger partial charge in [0, 0.05) is 6.42 Å². The summed E-state index contributed by atoms with van der Waals surface area (Å²) in [6, 6.07) is 15.8. The van der Waals surface area contributed by atoms with Crippen molar-refractivity contribution in [3.8, 4) is 5.75 Å². The van der Waals surface area contributed by atoms with Crippen LogP contribution in [0.5, 0.6) is 5.75 Å². The molecule has 0 bridgehead atoms. The molecule has 0 radical (unpaired) electrons. The van der Waals surface area contributed by atoms with Gasteiger partial charge in [-0.15, -0.1) is 0 Å². The van der Waals surface area contributed by atoms with Crippen molar-refractivity contribution in [2.24, 2.45) is 0 Å². The first-order chi connectivity index (χ1) is 10.1. The standard InChI is InChI=1S/C19H22O2/c1-14(2)21-19-10-5-4-9-17(19)18(20)12-11-16-8-6-7-15(3)13-16/h4-10,13-14H,11-12H2,1-3H3. The number of rotatable bonds is 6. The Kier molecular flexibility index (Phi) is 5.15. The molecule has 0 N–H and O–H groups in total. The first kappa shape index (κ1) is 15.3. The maximum atomic E-state index is 12.4. The molecule has 2 nitrogen and oxygen atoms in total. The zero-order valence-electron chi connectivity index (χ0n) is 12.9. The molecule has 0 aromatic heterocycles. The Morgan fingerprint density at radius 2 is 1.86 bits per heavy atom. The van der Waals surface area contributed by atoms with Crippen LogP contribution in [0.1, 0.15) is 41.8 Å². The third-order valence-corrected chi connectivity index (χ3v) is 3.27. The quantitative estimate of drug-likeness (QED) is 0.724. The summed E-state index contributed by atoms with van der Waals surface area (Å²) in [7, 11) is 0. The summed E-state index contributed by atoms with van der Waals surface area (Å²) in [5, 5.41) is 0. The van der Waals surface area contributed by atoms with Crippen LogP contribution in [0.15, 0.2) is 48.5 Å². The number of ether oxygens (including phenoxy) is 1. The highest BCUT2D eigenvalue weighted by Crippen LogP contribution is 2.21. The van der Waals surface area contributed by atoms with E-state index in [4.69, 9.17) is 4.74 Å². The van der Waals surface area contributed by atoms with Crippen LogP contribution >= 0.6 is 0 Å². The highest BCUT2D eigenvalue weighted by Gasteiger charge is 2.13. The second-order valence-corrected chi connectivity index (χ2v) is 5.57. The van der Waals surface area contributed by atoms with Crippen LogP contribution in [0.25, 0.3) is 0 Å². The maximum Gasteiger partial charge on any atom is 0.166 e. The monoisotopic (exact) mass is 282 g/mol. The van der Waals surface area contributed by atoms with Crippen molar-refractivity contribution in [3.05, 3.63) is 65.2 Å². The van der Waals surface area contributed by atoms with Crippen LogP contribution < -0.4 is 4.74 Å². The van der Waals surface area contributed by atoms with Crippen LogP contribution in [-0.4, -0.2) is 11.9 Å². The molecule has 0 spiro atoms. The van der Waals surface area contributed by atoms with Gasteiger partial charge in [0.05, 0.1) is 11.7 Å². The van der Waals surface area contributed by atoms with Crippen molar-refractivity contribution in [3.63, 3.8) is 0 Å². The van der Waals surface area contributed by atoms with Crippen molar-refractivity contribution >= 4 is 5.78 Å². The first-order valence-corrected chi connectivity index (χ1v) is 7.40. The molecule has 0 unspecified atom stereocenters. The molecule has 0 amide bonds. The summed E-state index contributed by atoms with van der Waals surface area (Å²) in [6.07, 6.45) is 1.33. The number of Topliss-reactive ketones (excluding diaryl/α,β-unsaturated/α-hetero) is 1. The third kappa shape index (κ3) is 4.45. The van der Waals surface area contributed by atoms with Crippen LogP contribution in [0.3, 0.4) is 0 Å². The largest absolute Gasteiger partial charge is 0.490 e. The van der Waals surface area contributed by atoms with Crippen LogP contribution in [0, 0.1) is 6.92 Å². The lowest BCUT2D eigenvalue weighted by Gasteiger charge is -2.13. The van der Waals surface area contributed by atoms with E-state index in [9.17, 15) is 4.79 Å². The number of hydrogen-bond donors (Lipinski definition) is 0. The molecule has 2 aromatic carbocycles. The lowest BCUT2D eigenvalue weighted by atomic mass is 10.0. The molecule has 110 valence electrons. The van der Waals surface area contributed by atoms with Gasteiger partial charge < -0.3 is 4.74 Å². The predicted molar refractivity (Wildman–Crippen MR) is 86.0 cm³/mol. The van der Waals surface area contributed by atoms with E-state index in [1.165, 1.54) is 11.1 Å². The summed E-state index contributed by atoms with van der Waals surface area (Å²) in [4.78, 5) is 12.4. The number of benzene rings is 2. The van der Waals surface area contributed by atoms with Gasteiger partial charge in [-0.3, -0.25) is 4.79 Å². The molecule has 0 aliphatic carbocycles. The molecule has 2 aromatic rings. The van der Waals surface area contributed by atoms with Crippen molar-refractivity contribution in [2.45, 2.75) is 39.7 Å². The second-order valence-electron chi connectivity index (χ2n) is 5.57. The number of carbonyl (C=O) groups excluding carboxylic acids is 1. The van der Waals surface area contributed by atoms with Gasteiger partial charge in [0.1, 0.15) is 5.75 Å². The zero-order chi connectivity index (χ0) is 15.2. The molecule has 0 fully saturated rings. The number of para-hydroxylation sites is 1. The van der Waals surface area contributed by atoms with Gasteiger partial charge in [-0.1, -0.05) is 42.0 Å². The Hall–Kier alpha value is -2.09. The molecule has 0 aliphatic rings. The fourth-order valence-corrected chi connectivity index (χ4v) is 2.31. The fourth-order valence-electron chi connectivity index (χ4n) is 2.31. The molecule has 21 heavy (non-hydrogen) atoms. The SMILES string of the molecule is Cc1cccc(CCC(=O)c2ccccc2OC(C)C)c1. The number of hydrogen-bond acceptors (Lipinski definition) is 2. The van der Waals surface area contributed by atoms with E-state index in [0.717, 1.165) is 6.42 Å². The van der Waals surface area contributed by atoms with Crippen LogP contribution in [-0.2, 0) is 6.42 Å². The van der Waals surface area contributed by atoms with Gasteiger partial charge in [0.15, 0.2) is 5.78 Å². The topological polar surface area (TPSA) is 26.3 Å². The lowest BCUT2D eigenvalue weighted by molar-refractivity contribution is 0.0977. The maximum absolute atomic E-state index is 12.4. The average molecular weight is 282 g/mol. The van der Waals surface area contributed by atoms with Crippen molar-refractivity contribution in [2.75, 3.05) is 0 Å². The van der Waals surface area contributed by atoms with Gasteiger partial charge in [-0.05, 0) is 44.9 Å². The minimum Gasteiger partial charge on any atom is -0.490 e. The highest BCUT2D eigenvalue weighted by atomic mass is 16.5. The number of aryl methyl sites for hydroxylation is 2. The van der Waals surface area contributed by atoms with Gasteiger partial charge >= 0.3 is 0 Å². The number of ketones is 1. The van der Waals surface area contributed by atoms with Crippen molar-refractivity contribution in [1.29, 1.82) is 0 Å². The molecular weight excluding hydrogens is 260 g/mol. The number of carbonyl (C=O) groups is 1. The summed E-state index contributed by atoms with van der Waals surface area (Å²) >= 11 is 0. The Labute approximate surface area is 126 Å². The zero-order valence-corrected chi connectivity index (χ0v) is 12.9.